The lowest BCUT2D eigenvalue weighted by molar-refractivity contribution is -0.126. The maximum absolute atomic E-state index is 12.3. The highest BCUT2D eigenvalue weighted by molar-refractivity contribution is 7.15. The largest absolute Gasteiger partial charge is 0.344 e. The predicted octanol–water partition coefficient (Wildman–Crippen LogP) is 3.49. The summed E-state index contributed by atoms with van der Waals surface area (Å²) in [5, 5.41) is 6.65. The molecule has 2 rings (SSSR count). The molecule has 128 valence electrons. The van der Waals surface area contributed by atoms with E-state index in [-0.39, 0.29) is 17.7 Å². The molecule has 2 N–H and O–H groups in total. The Labute approximate surface area is 150 Å². The van der Waals surface area contributed by atoms with E-state index in [2.05, 4.69) is 15.6 Å². The highest BCUT2D eigenvalue weighted by Gasteiger charge is 2.23. The summed E-state index contributed by atoms with van der Waals surface area (Å²) < 4.78 is 0. The Morgan fingerprint density at radius 2 is 2.00 bits per heavy atom. The smallest absolute Gasteiger partial charge is 0.248 e. The number of aromatic nitrogens is 1. The molecule has 0 radical (unpaired) electrons. The van der Waals surface area contributed by atoms with Crippen molar-refractivity contribution in [2.75, 3.05) is 5.32 Å². The number of carbonyl (C=O) groups is 2. The van der Waals surface area contributed by atoms with Crippen LogP contribution >= 0.6 is 22.9 Å². The average molecular weight is 366 g/mol. The van der Waals surface area contributed by atoms with Crippen LogP contribution in [0.2, 0.25) is 5.02 Å². The Hall–Kier alpha value is -1.92. The molecule has 24 heavy (non-hydrogen) atoms. The van der Waals surface area contributed by atoms with E-state index in [4.69, 9.17) is 11.6 Å². The van der Waals surface area contributed by atoms with E-state index < -0.39 is 6.04 Å². The topological polar surface area (TPSA) is 71.1 Å². The van der Waals surface area contributed by atoms with Gasteiger partial charge in [0.25, 0.3) is 0 Å². The van der Waals surface area contributed by atoms with E-state index in [1.807, 2.05) is 38.1 Å². The SMILES string of the molecule is CC(=O)N[C@H](C(=O)Nc1ncc(Cc2ccccc2Cl)s1)C(C)C. The quantitative estimate of drug-likeness (QED) is 0.823. The van der Waals surface area contributed by atoms with Gasteiger partial charge in [-0.25, -0.2) is 4.98 Å². The van der Waals surface area contributed by atoms with E-state index in [0.717, 1.165) is 10.4 Å². The van der Waals surface area contributed by atoms with E-state index in [1.54, 1.807) is 6.20 Å². The van der Waals surface area contributed by atoms with Gasteiger partial charge in [-0.1, -0.05) is 43.6 Å². The van der Waals surface area contributed by atoms with Crippen LogP contribution in [0.4, 0.5) is 5.13 Å². The first kappa shape index (κ1) is 18.4. The van der Waals surface area contributed by atoms with Crippen LogP contribution in [0.5, 0.6) is 0 Å². The monoisotopic (exact) mass is 365 g/mol. The Morgan fingerprint density at radius 1 is 1.29 bits per heavy atom. The number of halogens is 1. The number of benzene rings is 1. The molecule has 0 saturated carbocycles. The van der Waals surface area contributed by atoms with E-state index in [1.165, 1.54) is 18.3 Å². The first-order chi connectivity index (χ1) is 11.4. The van der Waals surface area contributed by atoms with Gasteiger partial charge in [0, 0.05) is 29.4 Å². The van der Waals surface area contributed by atoms with Crippen LogP contribution in [-0.2, 0) is 16.0 Å². The molecule has 1 heterocycles. The highest BCUT2D eigenvalue weighted by atomic mass is 35.5. The van der Waals surface area contributed by atoms with E-state index in [9.17, 15) is 9.59 Å². The van der Waals surface area contributed by atoms with Gasteiger partial charge in [-0.05, 0) is 17.5 Å². The van der Waals surface area contributed by atoms with E-state index in [0.29, 0.717) is 16.6 Å². The summed E-state index contributed by atoms with van der Waals surface area (Å²) in [6.07, 6.45) is 2.39. The summed E-state index contributed by atoms with van der Waals surface area (Å²) >= 11 is 7.56. The Balaban J connectivity index is 2.04. The number of anilines is 1. The first-order valence-electron chi connectivity index (χ1n) is 7.63. The molecule has 5 nitrogen and oxygen atoms in total. The summed E-state index contributed by atoms with van der Waals surface area (Å²) in [7, 11) is 0. The zero-order valence-electron chi connectivity index (χ0n) is 13.8. The lowest BCUT2D eigenvalue weighted by Crippen LogP contribution is -2.46. The zero-order chi connectivity index (χ0) is 17.7. The lowest BCUT2D eigenvalue weighted by Gasteiger charge is -2.20. The molecule has 0 saturated heterocycles. The van der Waals surface area contributed by atoms with Gasteiger partial charge in [0.05, 0.1) is 0 Å². The molecule has 0 bridgehead atoms. The van der Waals surface area contributed by atoms with Gasteiger partial charge in [-0.2, -0.15) is 0 Å². The molecule has 7 heteroatoms. The second-order valence-corrected chi connectivity index (χ2v) is 7.33. The van der Waals surface area contributed by atoms with Crippen molar-refractivity contribution in [3.05, 3.63) is 45.9 Å². The fraction of sp³-hybridized carbons (Fsp3) is 0.353. The molecule has 1 aromatic heterocycles. The third-order valence-corrected chi connectivity index (χ3v) is 4.70. The molecule has 2 aromatic rings. The Kier molecular flexibility index (Phi) is 6.34. The minimum absolute atomic E-state index is 0.0172. The highest BCUT2D eigenvalue weighted by Crippen LogP contribution is 2.24. The molecule has 0 aliphatic carbocycles. The first-order valence-corrected chi connectivity index (χ1v) is 8.82. The normalized spacial score (nSPS) is 12.0. The molecule has 0 unspecified atom stereocenters. The zero-order valence-corrected chi connectivity index (χ0v) is 15.4. The minimum Gasteiger partial charge on any atom is -0.344 e. The second-order valence-electron chi connectivity index (χ2n) is 5.81. The van der Waals surface area contributed by atoms with Crippen molar-refractivity contribution in [1.29, 1.82) is 0 Å². The number of carbonyl (C=O) groups excluding carboxylic acids is 2. The minimum atomic E-state index is -0.585. The second kappa shape index (κ2) is 8.26. The standard InChI is InChI=1S/C17H20ClN3O2S/c1-10(2)15(20-11(3)22)16(23)21-17-19-9-13(24-17)8-12-6-4-5-7-14(12)18/h4-7,9-10,15H,8H2,1-3H3,(H,20,22)(H,19,21,23)/t15-/m0/s1. The van der Waals surface area contributed by atoms with Gasteiger partial charge in [-0.15, -0.1) is 11.3 Å². The van der Waals surface area contributed by atoms with Crippen molar-refractivity contribution in [2.24, 2.45) is 5.92 Å². The van der Waals surface area contributed by atoms with Crippen LogP contribution in [0, 0.1) is 5.92 Å². The Morgan fingerprint density at radius 3 is 2.62 bits per heavy atom. The predicted molar refractivity (Wildman–Crippen MR) is 97.4 cm³/mol. The molecule has 0 aliphatic rings. The van der Waals surface area contributed by atoms with Crippen molar-refractivity contribution < 1.29 is 9.59 Å². The summed E-state index contributed by atoms with van der Waals surface area (Å²) in [6, 6.07) is 7.05. The molecular formula is C17H20ClN3O2S. The number of hydrogen-bond donors (Lipinski definition) is 2. The number of amides is 2. The number of nitrogens with zero attached hydrogens (tertiary/aromatic N) is 1. The maximum Gasteiger partial charge on any atom is 0.248 e. The van der Waals surface area contributed by atoms with E-state index >= 15 is 0 Å². The number of nitrogens with one attached hydrogen (secondary N) is 2. The number of rotatable bonds is 6. The van der Waals surface area contributed by atoms with Crippen LogP contribution in [0.1, 0.15) is 31.2 Å². The molecule has 0 aliphatic heterocycles. The van der Waals surface area contributed by atoms with Crippen molar-refractivity contribution >= 4 is 39.9 Å². The fourth-order valence-electron chi connectivity index (χ4n) is 2.21. The average Bonchev–Trinajstić information content (AvgIpc) is 2.93. The maximum atomic E-state index is 12.3. The summed E-state index contributed by atoms with van der Waals surface area (Å²) in [5.74, 6) is -0.516. The van der Waals surface area contributed by atoms with Gasteiger partial charge >= 0.3 is 0 Å². The van der Waals surface area contributed by atoms with Crippen molar-refractivity contribution in [3.8, 4) is 0 Å². The van der Waals surface area contributed by atoms with Crippen LogP contribution in [0.15, 0.2) is 30.5 Å². The van der Waals surface area contributed by atoms with Crippen LogP contribution in [-0.4, -0.2) is 22.8 Å². The summed E-state index contributed by atoms with van der Waals surface area (Å²) in [6.45, 7) is 5.16. The summed E-state index contributed by atoms with van der Waals surface area (Å²) in [4.78, 5) is 28.8. The molecular weight excluding hydrogens is 346 g/mol. The van der Waals surface area contributed by atoms with Crippen molar-refractivity contribution in [1.82, 2.24) is 10.3 Å². The number of thiazole rings is 1. The molecule has 0 spiro atoms. The van der Waals surface area contributed by atoms with Gasteiger partial charge in [0.15, 0.2) is 5.13 Å². The third-order valence-electron chi connectivity index (χ3n) is 3.41. The van der Waals surface area contributed by atoms with Gasteiger partial charge in [-0.3, -0.25) is 9.59 Å². The van der Waals surface area contributed by atoms with Crippen LogP contribution in [0.3, 0.4) is 0 Å². The number of hydrogen-bond acceptors (Lipinski definition) is 4. The van der Waals surface area contributed by atoms with Crippen LogP contribution in [0.25, 0.3) is 0 Å². The molecule has 2 amide bonds. The fourth-order valence-corrected chi connectivity index (χ4v) is 3.25. The molecule has 1 atom stereocenters. The molecule has 1 aromatic carbocycles. The van der Waals surface area contributed by atoms with Gasteiger partial charge in [0.2, 0.25) is 11.8 Å². The van der Waals surface area contributed by atoms with Gasteiger partial charge in [0.1, 0.15) is 6.04 Å². The Bertz CT molecular complexity index is 730. The van der Waals surface area contributed by atoms with Crippen LogP contribution < -0.4 is 10.6 Å². The van der Waals surface area contributed by atoms with Crippen molar-refractivity contribution in [3.63, 3.8) is 0 Å². The third kappa shape index (κ3) is 5.04. The summed E-state index contributed by atoms with van der Waals surface area (Å²) in [5.41, 5.74) is 1.01. The molecule has 0 fully saturated rings. The van der Waals surface area contributed by atoms with Gasteiger partial charge < -0.3 is 10.6 Å². The lowest BCUT2D eigenvalue weighted by atomic mass is 10.0. The van der Waals surface area contributed by atoms with Crippen molar-refractivity contribution in [2.45, 2.75) is 33.2 Å².